The van der Waals surface area contributed by atoms with Crippen molar-refractivity contribution in [1.82, 2.24) is 0 Å². The Balaban J connectivity index is 1.90. The number of allylic oxidation sites excluding steroid dienone is 3. The van der Waals surface area contributed by atoms with Gasteiger partial charge in [-0.25, -0.2) is 0 Å². The lowest BCUT2D eigenvalue weighted by Gasteiger charge is -2.21. The molecule has 1 aliphatic rings. The first-order valence-corrected chi connectivity index (χ1v) is 13.6. The van der Waals surface area contributed by atoms with Crippen molar-refractivity contribution >= 4 is 23.4 Å². The topological polar surface area (TPSA) is 66.8 Å². The van der Waals surface area contributed by atoms with Gasteiger partial charge in [0.1, 0.15) is 0 Å². The van der Waals surface area contributed by atoms with Crippen molar-refractivity contribution in [2.75, 3.05) is 0 Å². The highest BCUT2D eigenvalue weighted by Crippen LogP contribution is 2.40. The normalized spacial score (nSPS) is 25.7. The molecule has 0 aliphatic heterocycles. The summed E-state index contributed by atoms with van der Waals surface area (Å²) in [6.45, 7) is 2.21. The van der Waals surface area contributed by atoms with Gasteiger partial charge in [-0.15, -0.1) is 0 Å². The Bertz CT molecular complexity index is 677. The van der Waals surface area contributed by atoms with Gasteiger partial charge in [-0.1, -0.05) is 70.5 Å². The van der Waals surface area contributed by atoms with Crippen LogP contribution in [0.25, 0.3) is 0 Å². The molecule has 2 unspecified atom stereocenters. The van der Waals surface area contributed by atoms with Crippen LogP contribution in [-0.4, -0.2) is 28.4 Å². The van der Waals surface area contributed by atoms with Gasteiger partial charge in [0.25, 0.3) is 0 Å². The van der Waals surface area contributed by atoms with E-state index in [4.69, 9.17) is 9.63 Å². The molecule has 1 aromatic rings. The molecule has 0 bridgehead atoms. The molecule has 6 heteroatoms. The highest BCUT2D eigenvalue weighted by atomic mass is 32.0. The smallest absolute Gasteiger partial charge is 0.303 e. The summed E-state index contributed by atoms with van der Waals surface area (Å²) < 4.78 is 5.95. The van der Waals surface area contributed by atoms with E-state index in [1.165, 1.54) is 5.56 Å². The third kappa shape index (κ3) is 8.98. The summed E-state index contributed by atoms with van der Waals surface area (Å²) in [5, 5.41) is 19.3. The Kier molecular flexibility index (Phi) is 11.8. The van der Waals surface area contributed by atoms with Gasteiger partial charge < -0.3 is 14.7 Å². The number of aliphatic hydroxyl groups excluding tert-OH is 1. The van der Waals surface area contributed by atoms with E-state index in [2.05, 4.69) is 64.4 Å². The molecule has 7 atom stereocenters. The first-order chi connectivity index (χ1) is 14.5. The van der Waals surface area contributed by atoms with Crippen LogP contribution in [0, 0.1) is 17.8 Å². The summed E-state index contributed by atoms with van der Waals surface area (Å²) in [6, 6.07) is 10.5. The highest BCUT2D eigenvalue weighted by Gasteiger charge is 2.37. The number of unbranched alkanes of at least 4 members (excludes halogenated alkanes) is 1. The largest absolute Gasteiger partial charge is 0.481 e. The summed E-state index contributed by atoms with van der Waals surface area (Å²) in [4.78, 5) is 10.6. The standard InChI is InChI=1S/C24H36O4P2/c1-18-17-23(25)22(11-7-2-3-8-12-24(26)27)21(18)16-15-20(28-30-29)14-13-19-9-5-4-6-10-19/h2,4-7,9-10,15-16,18,20-23,25,30H,3,8,11-14,17,29H2,1H3,(H,26,27)/b7-2?,16-15+/t18-,20+,21+,22-,23+/m1/s1. The van der Waals surface area contributed by atoms with Gasteiger partial charge in [-0.3, -0.25) is 4.79 Å². The minimum atomic E-state index is -0.747. The second kappa shape index (κ2) is 14.1. The average Bonchev–Trinajstić information content (AvgIpc) is 2.99. The third-order valence-corrected chi connectivity index (χ3v) is 6.77. The van der Waals surface area contributed by atoms with Crippen LogP contribution in [0.3, 0.4) is 0 Å². The molecule has 1 aromatic carbocycles. The molecule has 0 saturated heterocycles. The molecule has 1 saturated carbocycles. The number of carbonyl (C=O) groups is 1. The van der Waals surface area contributed by atoms with Crippen LogP contribution < -0.4 is 0 Å². The molecular weight excluding hydrogens is 414 g/mol. The zero-order valence-corrected chi connectivity index (χ0v) is 20.0. The van der Waals surface area contributed by atoms with E-state index in [0.717, 1.165) is 32.1 Å². The van der Waals surface area contributed by atoms with Gasteiger partial charge in [0, 0.05) is 14.9 Å². The molecule has 0 radical (unpaired) electrons. The van der Waals surface area contributed by atoms with Crippen molar-refractivity contribution in [3.05, 3.63) is 60.2 Å². The second-order valence-electron chi connectivity index (χ2n) is 8.20. The molecule has 2 N–H and O–H groups in total. The van der Waals surface area contributed by atoms with Crippen molar-refractivity contribution in [1.29, 1.82) is 0 Å². The predicted molar refractivity (Wildman–Crippen MR) is 129 cm³/mol. The number of benzene rings is 1. The van der Waals surface area contributed by atoms with E-state index >= 15 is 0 Å². The van der Waals surface area contributed by atoms with Crippen LogP contribution in [0.1, 0.15) is 51.0 Å². The maximum atomic E-state index is 10.6. The van der Waals surface area contributed by atoms with Gasteiger partial charge >= 0.3 is 5.97 Å². The molecule has 30 heavy (non-hydrogen) atoms. The van der Waals surface area contributed by atoms with Crippen LogP contribution in [0.15, 0.2) is 54.6 Å². The monoisotopic (exact) mass is 450 g/mol. The zero-order valence-electron chi connectivity index (χ0n) is 17.8. The summed E-state index contributed by atoms with van der Waals surface area (Å²) in [5.41, 5.74) is 1.32. The molecular formula is C24H36O4P2. The van der Waals surface area contributed by atoms with Crippen LogP contribution in [0.2, 0.25) is 0 Å². The Morgan fingerprint density at radius 2 is 2.10 bits per heavy atom. The first kappa shape index (κ1) is 25.2. The van der Waals surface area contributed by atoms with Crippen molar-refractivity contribution in [3.63, 3.8) is 0 Å². The summed E-state index contributed by atoms with van der Waals surface area (Å²) in [7, 11) is 3.03. The summed E-state index contributed by atoms with van der Waals surface area (Å²) >= 11 is 0. The van der Waals surface area contributed by atoms with Crippen LogP contribution >= 0.6 is 17.4 Å². The molecule has 0 heterocycles. The Labute approximate surface area is 185 Å². The van der Waals surface area contributed by atoms with Gasteiger partial charge in [0.05, 0.1) is 12.2 Å². The molecule has 1 fully saturated rings. The lowest BCUT2D eigenvalue weighted by molar-refractivity contribution is -0.137. The second-order valence-corrected chi connectivity index (χ2v) is 9.38. The van der Waals surface area contributed by atoms with E-state index in [1.54, 1.807) is 0 Å². The number of carboxylic acid groups (broad SMARTS) is 1. The van der Waals surface area contributed by atoms with Gasteiger partial charge in [0.2, 0.25) is 0 Å². The summed E-state index contributed by atoms with van der Waals surface area (Å²) in [5.74, 6) is 0.234. The molecule has 166 valence electrons. The van der Waals surface area contributed by atoms with Crippen molar-refractivity contribution in [3.8, 4) is 0 Å². The van der Waals surface area contributed by atoms with Crippen LogP contribution in [0.5, 0.6) is 0 Å². The van der Waals surface area contributed by atoms with Crippen LogP contribution in [0.4, 0.5) is 0 Å². The van der Waals surface area contributed by atoms with Gasteiger partial charge in [-0.05, 0) is 61.8 Å². The summed E-state index contributed by atoms with van der Waals surface area (Å²) in [6.07, 6.45) is 13.7. The Hall–Kier alpha value is -1.05. The zero-order chi connectivity index (χ0) is 21.8. The lowest BCUT2D eigenvalue weighted by atomic mass is 9.86. The van der Waals surface area contributed by atoms with E-state index in [0.29, 0.717) is 26.8 Å². The predicted octanol–water partition coefficient (Wildman–Crippen LogP) is 5.78. The Morgan fingerprint density at radius 1 is 1.33 bits per heavy atom. The third-order valence-electron chi connectivity index (χ3n) is 5.92. The lowest BCUT2D eigenvalue weighted by Crippen LogP contribution is -2.18. The van der Waals surface area contributed by atoms with Crippen molar-refractivity contribution in [2.45, 2.75) is 64.1 Å². The Morgan fingerprint density at radius 3 is 2.80 bits per heavy atom. The van der Waals surface area contributed by atoms with Crippen molar-refractivity contribution in [2.24, 2.45) is 17.8 Å². The SMILES string of the molecule is C[C@@H]1C[C@H](O)[C@H](CC=CCCCC(=O)O)[C@H]1/C=C/[C@H](CCc1ccccc1)OPP. The minimum Gasteiger partial charge on any atom is -0.481 e. The number of aliphatic carboxylic acids is 1. The van der Waals surface area contributed by atoms with E-state index < -0.39 is 5.97 Å². The molecule has 0 amide bonds. The highest BCUT2D eigenvalue weighted by molar-refractivity contribution is 8.00. The maximum Gasteiger partial charge on any atom is 0.303 e. The maximum absolute atomic E-state index is 10.6. The van der Waals surface area contributed by atoms with Gasteiger partial charge in [0.15, 0.2) is 0 Å². The molecule has 0 spiro atoms. The van der Waals surface area contributed by atoms with E-state index in [9.17, 15) is 9.90 Å². The fourth-order valence-electron chi connectivity index (χ4n) is 4.27. The molecule has 1 aliphatic carbocycles. The quantitative estimate of drug-likeness (QED) is 0.227. The average molecular weight is 450 g/mol. The van der Waals surface area contributed by atoms with E-state index in [-0.39, 0.29) is 24.5 Å². The number of aliphatic hydroxyl groups is 1. The number of hydrogen-bond acceptors (Lipinski definition) is 3. The fraction of sp³-hybridized carbons (Fsp3) is 0.542. The van der Waals surface area contributed by atoms with Crippen LogP contribution in [-0.2, 0) is 15.7 Å². The minimum absolute atomic E-state index is 0.0817. The van der Waals surface area contributed by atoms with E-state index in [1.807, 2.05) is 6.07 Å². The molecule has 4 nitrogen and oxygen atoms in total. The number of rotatable bonds is 13. The number of hydrogen-bond donors (Lipinski definition) is 2. The fourth-order valence-corrected chi connectivity index (χ4v) is 5.16. The first-order valence-electron chi connectivity index (χ1n) is 10.9. The number of carboxylic acids is 1. The molecule has 0 aromatic heterocycles. The van der Waals surface area contributed by atoms with Gasteiger partial charge in [-0.2, -0.15) is 0 Å². The number of aryl methyl sites for hydroxylation is 1. The van der Waals surface area contributed by atoms with Crippen molar-refractivity contribution < 1.29 is 19.5 Å². The molecule has 2 rings (SSSR count).